The maximum atomic E-state index is 12.2. The van der Waals surface area contributed by atoms with Gasteiger partial charge >= 0.3 is 6.18 Å². The van der Waals surface area contributed by atoms with Crippen LogP contribution in [0.4, 0.5) is 13.2 Å². The molecule has 0 amide bonds. The van der Waals surface area contributed by atoms with Crippen LogP contribution in [0, 0.1) is 0 Å². The highest BCUT2D eigenvalue weighted by Gasteiger charge is 2.59. The monoisotopic (exact) mass is 205 g/mol. The molecule has 0 atom stereocenters. The van der Waals surface area contributed by atoms with Crippen LogP contribution in [-0.4, -0.2) is 31.5 Å². The van der Waals surface area contributed by atoms with E-state index in [0.29, 0.717) is 0 Å². The van der Waals surface area contributed by atoms with Crippen LogP contribution < -0.4 is 5.32 Å². The van der Waals surface area contributed by atoms with E-state index in [0.717, 1.165) is 0 Å². The molecule has 0 aliphatic carbocycles. The van der Waals surface area contributed by atoms with Gasteiger partial charge in [0.1, 0.15) is 0 Å². The molecule has 1 N–H and O–H groups in total. The Morgan fingerprint density at radius 1 is 1.42 bits per heavy atom. The van der Waals surface area contributed by atoms with Gasteiger partial charge in [-0.15, -0.1) is 12.4 Å². The molecule has 1 saturated heterocycles. The predicted octanol–water partition coefficient (Wildman–Crippen LogP) is 1.35. The number of hydrogen-bond donors (Lipinski definition) is 1. The largest absolute Gasteiger partial charge is 0.419 e. The van der Waals surface area contributed by atoms with Crippen molar-refractivity contribution in [1.29, 1.82) is 0 Å². The van der Waals surface area contributed by atoms with Gasteiger partial charge in [0.2, 0.25) is 0 Å². The molecule has 1 fully saturated rings. The minimum Gasteiger partial charge on any atom is -0.363 e. The minimum atomic E-state index is -4.24. The van der Waals surface area contributed by atoms with Crippen LogP contribution in [0.25, 0.3) is 0 Å². The van der Waals surface area contributed by atoms with Gasteiger partial charge in [0, 0.05) is 19.7 Å². The first-order valence-electron chi connectivity index (χ1n) is 3.43. The third-order valence-electron chi connectivity index (χ3n) is 1.76. The van der Waals surface area contributed by atoms with Crippen molar-refractivity contribution in [2.75, 3.05) is 19.7 Å². The summed E-state index contributed by atoms with van der Waals surface area (Å²) in [6, 6.07) is 0. The Morgan fingerprint density at radius 3 is 2.00 bits per heavy atom. The molecule has 0 spiro atoms. The fraction of sp³-hybridized carbons (Fsp3) is 1.00. The van der Waals surface area contributed by atoms with Crippen LogP contribution in [0.2, 0.25) is 0 Å². The van der Waals surface area contributed by atoms with Crippen LogP contribution in [-0.2, 0) is 4.74 Å². The highest BCUT2D eigenvalue weighted by atomic mass is 35.5. The molecule has 0 saturated carbocycles. The van der Waals surface area contributed by atoms with E-state index < -0.39 is 11.8 Å². The van der Waals surface area contributed by atoms with Gasteiger partial charge in [-0.25, -0.2) is 0 Å². The fourth-order valence-electron chi connectivity index (χ4n) is 1.01. The lowest BCUT2D eigenvalue weighted by molar-refractivity contribution is -0.291. The molecule has 0 aromatic carbocycles. The molecule has 6 heteroatoms. The van der Waals surface area contributed by atoms with Crippen molar-refractivity contribution in [1.82, 2.24) is 5.32 Å². The Kier molecular flexibility index (Phi) is 3.81. The van der Waals surface area contributed by atoms with Crippen LogP contribution in [0.15, 0.2) is 0 Å². The van der Waals surface area contributed by atoms with Gasteiger partial charge in [-0.3, -0.25) is 0 Å². The van der Waals surface area contributed by atoms with Gasteiger partial charge in [0.25, 0.3) is 0 Å². The van der Waals surface area contributed by atoms with Gasteiger partial charge in [0.05, 0.1) is 0 Å². The number of nitrogens with one attached hydrogen (secondary N) is 1. The molecule has 0 radical (unpaired) electrons. The van der Waals surface area contributed by atoms with E-state index in [9.17, 15) is 13.2 Å². The van der Waals surface area contributed by atoms with Crippen molar-refractivity contribution in [3.63, 3.8) is 0 Å². The summed E-state index contributed by atoms with van der Waals surface area (Å²) in [4.78, 5) is 0. The molecule has 0 aromatic heterocycles. The zero-order chi connectivity index (χ0) is 8.54. The maximum absolute atomic E-state index is 12.2. The summed E-state index contributed by atoms with van der Waals surface area (Å²) < 4.78 is 41.2. The van der Waals surface area contributed by atoms with Gasteiger partial charge in [-0.05, 0) is 6.92 Å². The number of alkyl halides is 3. The summed E-state index contributed by atoms with van der Waals surface area (Å²) in [6.07, 6.45) is -4.24. The predicted molar refractivity (Wildman–Crippen MR) is 40.5 cm³/mol. The lowest BCUT2D eigenvalue weighted by Gasteiger charge is -2.42. The Morgan fingerprint density at radius 2 is 1.92 bits per heavy atom. The molecule has 0 bridgehead atoms. The smallest absolute Gasteiger partial charge is 0.363 e. The number of hydrogen-bond acceptors (Lipinski definition) is 2. The van der Waals surface area contributed by atoms with E-state index in [1.807, 2.05) is 0 Å². The van der Waals surface area contributed by atoms with Gasteiger partial charge < -0.3 is 10.1 Å². The average Bonchev–Trinajstić information content (AvgIpc) is 1.75. The summed E-state index contributed by atoms with van der Waals surface area (Å²) >= 11 is 0. The summed E-state index contributed by atoms with van der Waals surface area (Å²) in [5.74, 6) is 0. The highest BCUT2D eigenvalue weighted by Crippen LogP contribution is 2.36. The Bertz CT molecular complexity index is 146. The Hall–Kier alpha value is 0. The normalized spacial score (nSPS) is 21.0. The average molecular weight is 206 g/mol. The van der Waals surface area contributed by atoms with E-state index in [-0.39, 0.29) is 32.1 Å². The Labute approximate surface area is 74.9 Å². The quantitative estimate of drug-likeness (QED) is 0.735. The molecule has 0 aromatic rings. The second kappa shape index (κ2) is 3.81. The van der Waals surface area contributed by atoms with Crippen molar-refractivity contribution in [3.8, 4) is 0 Å². The van der Waals surface area contributed by atoms with Gasteiger partial charge in [-0.2, -0.15) is 13.2 Å². The van der Waals surface area contributed by atoms with Crippen LogP contribution in [0.5, 0.6) is 0 Å². The van der Waals surface area contributed by atoms with Crippen molar-refractivity contribution in [3.05, 3.63) is 0 Å². The van der Waals surface area contributed by atoms with Gasteiger partial charge in [0.15, 0.2) is 5.60 Å². The molecule has 1 aliphatic heterocycles. The van der Waals surface area contributed by atoms with Crippen molar-refractivity contribution in [2.45, 2.75) is 18.7 Å². The summed E-state index contributed by atoms with van der Waals surface area (Å²) in [7, 11) is 0. The van der Waals surface area contributed by atoms with E-state index in [4.69, 9.17) is 0 Å². The number of halogens is 4. The summed E-state index contributed by atoms with van der Waals surface area (Å²) in [5.41, 5.74) is -1.90. The summed E-state index contributed by atoms with van der Waals surface area (Å²) in [6.45, 7) is 1.42. The topological polar surface area (TPSA) is 21.3 Å². The maximum Gasteiger partial charge on any atom is 0.419 e. The first-order chi connectivity index (χ1) is 5.02. The SMILES string of the molecule is CCOC1(C(F)(F)F)CNC1.Cl. The molecule has 12 heavy (non-hydrogen) atoms. The molecular formula is C6H11ClF3NO. The van der Waals surface area contributed by atoms with Crippen molar-refractivity contribution >= 4 is 12.4 Å². The first kappa shape index (κ1) is 12.0. The molecule has 1 heterocycles. The summed E-state index contributed by atoms with van der Waals surface area (Å²) in [5, 5.41) is 2.55. The second-order valence-corrected chi connectivity index (χ2v) is 2.53. The number of ether oxygens (including phenoxy) is 1. The van der Waals surface area contributed by atoms with Crippen LogP contribution >= 0.6 is 12.4 Å². The van der Waals surface area contributed by atoms with E-state index in [1.165, 1.54) is 0 Å². The molecule has 1 rings (SSSR count). The molecular weight excluding hydrogens is 195 g/mol. The molecule has 1 aliphatic rings. The van der Waals surface area contributed by atoms with E-state index in [1.54, 1.807) is 6.92 Å². The van der Waals surface area contributed by atoms with Crippen LogP contribution in [0.3, 0.4) is 0 Å². The highest BCUT2D eigenvalue weighted by molar-refractivity contribution is 5.85. The van der Waals surface area contributed by atoms with E-state index in [2.05, 4.69) is 10.1 Å². The Balaban J connectivity index is 0.00000121. The van der Waals surface area contributed by atoms with E-state index >= 15 is 0 Å². The van der Waals surface area contributed by atoms with Crippen LogP contribution in [0.1, 0.15) is 6.92 Å². The van der Waals surface area contributed by atoms with Crippen molar-refractivity contribution in [2.24, 2.45) is 0 Å². The number of rotatable bonds is 2. The zero-order valence-electron chi connectivity index (χ0n) is 6.57. The third-order valence-corrected chi connectivity index (χ3v) is 1.76. The first-order valence-corrected chi connectivity index (χ1v) is 3.43. The van der Waals surface area contributed by atoms with Gasteiger partial charge in [-0.1, -0.05) is 0 Å². The lowest BCUT2D eigenvalue weighted by Crippen LogP contribution is -2.69. The molecule has 2 nitrogen and oxygen atoms in total. The van der Waals surface area contributed by atoms with Crippen molar-refractivity contribution < 1.29 is 17.9 Å². The lowest BCUT2D eigenvalue weighted by atomic mass is 9.96. The molecule has 0 unspecified atom stereocenters. The fourth-order valence-corrected chi connectivity index (χ4v) is 1.01. The zero-order valence-corrected chi connectivity index (χ0v) is 7.39. The third kappa shape index (κ3) is 1.84. The molecule has 74 valence electrons. The second-order valence-electron chi connectivity index (χ2n) is 2.53. The minimum absolute atomic E-state index is 0. The standard InChI is InChI=1S/C6H10F3NO.ClH/c1-2-11-5(3-10-4-5)6(7,8)9;/h10H,2-4H2,1H3;1H.